The number of carbonyl (C=O) groups is 3. The van der Waals surface area contributed by atoms with E-state index in [9.17, 15) is 14.4 Å². The van der Waals surface area contributed by atoms with E-state index in [1.54, 1.807) is 0 Å². The van der Waals surface area contributed by atoms with Crippen LogP contribution in [0.4, 0.5) is 5.69 Å². The van der Waals surface area contributed by atoms with E-state index in [2.05, 4.69) is 15.4 Å². The fraction of sp³-hybridized carbons (Fsp3) is 0.471. The lowest BCUT2D eigenvalue weighted by Crippen LogP contribution is -2.42. The number of nitrogens with one attached hydrogen (secondary N) is 2. The molecule has 0 saturated heterocycles. The highest BCUT2D eigenvalue weighted by Crippen LogP contribution is 2.47. The summed E-state index contributed by atoms with van der Waals surface area (Å²) in [5.74, 6) is -1.24. The molecule has 0 aromatic heterocycles. The normalized spacial score (nSPS) is 14.8. The van der Waals surface area contributed by atoms with Gasteiger partial charge in [-0.2, -0.15) is 0 Å². The summed E-state index contributed by atoms with van der Waals surface area (Å²) in [6.45, 7) is 1.16. The van der Waals surface area contributed by atoms with Gasteiger partial charge in [-0.3, -0.25) is 9.59 Å². The van der Waals surface area contributed by atoms with Crippen LogP contribution in [0, 0.1) is 5.41 Å². The summed E-state index contributed by atoms with van der Waals surface area (Å²) >= 11 is 6.08. The van der Waals surface area contributed by atoms with Crippen molar-refractivity contribution < 1.29 is 19.1 Å². The van der Waals surface area contributed by atoms with Gasteiger partial charge in [0.15, 0.2) is 0 Å². The highest BCUT2D eigenvalue weighted by molar-refractivity contribution is 6.34. The Morgan fingerprint density at radius 3 is 2.48 bits per heavy atom. The van der Waals surface area contributed by atoms with Crippen molar-refractivity contribution in [1.82, 2.24) is 10.2 Å². The van der Waals surface area contributed by atoms with E-state index < -0.39 is 17.3 Å². The number of hydrogen-bond donors (Lipinski definition) is 2. The lowest BCUT2D eigenvalue weighted by atomic mass is 10.0. The number of likely N-dealkylation sites (N-methyl/N-ethyl adjacent to an activating group) is 1. The Bertz CT molecular complexity index is 686. The molecule has 0 spiro atoms. The molecule has 2 N–H and O–H groups in total. The monoisotopic (exact) mass is 367 g/mol. The summed E-state index contributed by atoms with van der Waals surface area (Å²) in [4.78, 5) is 38.5. The van der Waals surface area contributed by atoms with E-state index in [-0.39, 0.29) is 22.2 Å². The van der Waals surface area contributed by atoms with Gasteiger partial charge in [-0.15, -0.1) is 0 Å². The van der Waals surface area contributed by atoms with Crippen LogP contribution in [0.15, 0.2) is 18.2 Å². The van der Waals surface area contributed by atoms with E-state index in [4.69, 9.17) is 11.6 Å². The molecule has 7 nitrogen and oxygen atoms in total. The largest absolute Gasteiger partial charge is 0.465 e. The van der Waals surface area contributed by atoms with Crippen LogP contribution in [0.2, 0.25) is 5.02 Å². The number of nitrogens with zero attached hydrogens (tertiary/aromatic N) is 1. The Kier molecular flexibility index (Phi) is 6.02. The Morgan fingerprint density at radius 1 is 1.24 bits per heavy atom. The molecule has 2 amide bonds. The second-order valence-electron chi connectivity index (χ2n) is 6.28. The van der Waals surface area contributed by atoms with Crippen LogP contribution in [0.5, 0.6) is 0 Å². The lowest BCUT2D eigenvalue weighted by Gasteiger charge is -2.17. The molecule has 1 aliphatic carbocycles. The smallest absolute Gasteiger partial charge is 0.337 e. The molecule has 1 aromatic carbocycles. The van der Waals surface area contributed by atoms with Crippen molar-refractivity contribution in [3.63, 3.8) is 0 Å². The second-order valence-corrected chi connectivity index (χ2v) is 6.69. The first-order chi connectivity index (χ1) is 11.8. The van der Waals surface area contributed by atoms with Gasteiger partial charge >= 0.3 is 5.97 Å². The second kappa shape index (κ2) is 7.84. The number of rotatable bonds is 7. The summed E-state index contributed by atoms with van der Waals surface area (Å²) in [7, 11) is 5.08. The number of halogens is 1. The predicted molar refractivity (Wildman–Crippen MR) is 94.7 cm³/mol. The van der Waals surface area contributed by atoms with Crippen molar-refractivity contribution in [3.8, 4) is 0 Å². The Hall–Kier alpha value is -2.12. The molecular formula is C17H22ClN3O4. The number of amides is 2. The minimum atomic E-state index is -1.06. The van der Waals surface area contributed by atoms with Gasteiger partial charge in [-0.25, -0.2) is 4.79 Å². The molecule has 0 radical (unpaired) electrons. The fourth-order valence-corrected chi connectivity index (χ4v) is 2.52. The van der Waals surface area contributed by atoms with Gasteiger partial charge in [0.05, 0.1) is 23.4 Å². The third-order valence-corrected chi connectivity index (χ3v) is 4.43. The third-order valence-electron chi connectivity index (χ3n) is 4.10. The van der Waals surface area contributed by atoms with Crippen molar-refractivity contribution in [2.75, 3.05) is 39.6 Å². The van der Waals surface area contributed by atoms with Crippen molar-refractivity contribution >= 4 is 35.1 Å². The number of ether oxygens (including phenoxy) is 1. The molecule has 2 rings (SSSR count). The minimum Gasteiger partial charge on any atom is -0.465 e. The maximum atomic E-state index is 12.6. The first-order valence-electron chi connectivity index (χ1n) is 7.92. The van der Waals surface area contributed by atoms with E-state index in [0.717, 1.165) is 0 Å². The van der Waals surface area contributed by atoms with Crippen LogP contribution >= 0.6 is 11.6 Å². The molecule has 0 atom stereocenters. The SMILES string of the molecule is COC(=O)c1ccc(Cl)c(NC(=O)C2(C(=O)NCCN(C)C)CC2)c1. The van der Waals surface area contributed by atoms with Crippen LogP contribution in [-0.2, 0) is 14.3 Å². The average molecular weight is 368 g/mol. The zero-order chi connectivity index (χ0) is 18.6. The van der Waals surface area contributed by atoms with Crippen LogP contribution in [0.25, 0.3) is 0 Å². The van der Waals surface area contributed by atoms with E-state index in [0.29, 0.717) is 25.9 Å². The maximum Gasteiger partial charge on any atom is 0.337 e. The van der Waals surface area contributed by atoms with Gasteiger partial charge in [-0.05, 0) is 45.1 Å². The number of anilines is 1. The Labute approximate surface area is 151 Å². The molecule has 0 bridgehead atoms. The first kappa shape index (κ1) is 19.2. The number of carbonyl (C=O) groups excluding carboxylic acids is 3. The molecule has 136 valence electrons. The molecule has 25 heavy (non-hydrogen) atoms. The molecule has 1 fully saturated rings. The van der Waals surface area contributed by atoms with Crippen molar-refractivity contribution in [1.29, 1.82) is 0 Å². The van der Waals surface area contributed by atoms with Crippen molar-refractivity contribution in [2.24, 2.45) is 5.41 Å². The number of benzene rings is 1. The summed E-state index contributed by atoms with van der Waals surface area (Å²) in [5, 5.41) is 5.73. The molecule has 0 aliphatic heterocycles. The predicted octanol–water partition coefficient (Wildman–Crippen LogP) is 1.52. The van der Waals surface area contributed by atoms with Crippen LogP contribution in [-0.4, -0.2) is 57.0 Å². The van der Waals surface area contributed by atoms with Crippen LogP contribution < -0.4 is 10.6 Å². The van der Waals surface area contributed by atoms with E-state index in [1.807, 2.05) is 19.0 Å². The molecule has 0 heterocycles. The molecule has 1 aliphatic rings. The highest BCUT2D eigenvalue weighted by Gasteiger charge is 2.56. The summed E-state index contributed by atoms with van der Waals surface area (Å²) < 4.78 is 4.65. The van der Waals surface area contributed by atoms with Gasteiger partial charge in [0, 0.05) is 13.1 Å². The molecule has 1 aromatic rings. The number of esters is 1. The topological polar surface area (TPSA) is 87.7 Å². The van der Waals surface area contributed by atoms with E-state index in [1.165, 1.54) is 25.3 Å². The standard InChI is InChI=1S/C17H22ClN3O4/c1-21(2)9-8-19-15(23)17(6-7-17)16(24)20-13-10-11(14(22)25-3)4-5-12(13)18/h4-5,10H,6-9H2,1-3H3,(H,19,23)(H,20,24). The van der Waals surface area contributed by atoms with Crippen LogP contribution in [0.1, 0.15) is 23.2 Å². The van der Waals surface area contributed by atoms with Crippen molar-refractivity contribution in [2.45, 2.75) is 12.8 Å². The van der Waals surface area contributed by atoms with Gasteiger partial charge in [0.25, 0.3) is 0 Å². The number of hydrogen-bond acceptors (Lipinski definition) is 5. The fourth-order valence-electron chi connectivity index (χ4n) is 2.35. The number of methoxy groups -OCH3 is 1. The van der Waals surface area contributed by atoms with Crippen molar-refractivity contribution in [3.05, 3.63) is 28.8 Å². The van der Waals surface area contributed by atoms with Gasteiger partial charge < -0.3 is 20.3 Å². The average Bonchev–Trinajstić information content (AvgIpc) is 3.37. The lowest BCUT2D eigenvalue weighted by molar-refractivity contribution is -0.134. The third kappa shape index (κ3) is 4.49. The van der Waals surface area contributed by atoms with Gasteiger partial charge in [0.1, 0.15) is 5.41 Å². The first-order valence-corrected chi connectivity index (χ1v) is 8.30. The highest BCUT2D eigenvalue weighted by atomic mass is 35.5. The molecule has 0 unspecified atom stereocenters. The minimum absolute atomic E-state index is 0.266. The zero-order valence-corrected chi connectivity index (χ0v) is 15.3. The zero-order valence-electron chi connectivity index (χ0n) is 14.5. The molecule has 8 heteroatoms. The van der Waals surface area contributed by atoms with Gasteiger partial charge in [-0.1, -0.05) is 11.6 Å². The van der Waals surface area contributed by atoms with E-state index >= 15 is 0 Å². The summed E-state index contributed by atoms with van der Waals surface area (Å²) in [6.07, 6.45) is 0.974. The molecular weight excluding hydrogens is 346 g/mol. The Balaban J connectivity index is 2.06. The summed E-state index contributed by atoms with van der Waals surface area (Å²) in [5.41, 5.74) is -0.513. The quantitative estimate of drug-likeness (QED) is 0.563. The Morgan fingerprint density at radius 2 is 1.92 bits per heavy atom. The van der Waals surface area contributed by atoms with Crippen LogP contribution in [0.3, 0.4) is 0 Å². The summed E-state index contributed by atoms with van der Waals surface area (Å²) in [6, 6.07) is 4.44. The van der Waals surface area contributed by atoms with Gasteiger partial charge in [0.2, 0.25) is 11.8 Å². The maximum absolute atomic E-state index is 12.6. The molecule has 1 saturated carbocycles.